The summed E-state index contributed by atoms with van der Waals surface area (Å²) in [6, 6.07) is 0. The molecule has 114 valence electrons. The van der Waals surface area contributed by atoms with Gasteiger partial charge in [0, 0.05) is 32.4 Å². The van der Waals surface area contributed by atoms with Crippen molar-refractivity contribution in [2.45, 2.75) is 39.2 Å². The highest BCUT2D eigenvalue weighted by atomic mass is 16.3. The lowest BCUT2D eigenvalue weighted by Gasteiger charge is -2.20. The van der Waals surface area contributed by atoms with Gasteiger partial charge in [-0.2, -0.15) is 0 Å². The Bertz CT molecular complexity index is 392. The van der Waals surface area contributed by atoms with E-state index in [1.165, 1.54) is 6.42 Å². The molecule has 0 radical (unpaired) electrons. The van der Waals surface area contributed by atoms with E-state index in [2.05, 4.69) is 11.9 Å². The van der Waals surface area contributed by atoms with Crippen LogP contribution in [0, 0.1) is 0 Å². The third-order valence-electron chi connectivity index (χ3n) is 3.18. The van der Waals surface area contributed by atoms with Gasteiger partial charge in [-0.3, -0.25) is 4.79 Å². The first kappa shape index (κ1) is 16.7. The molecule has 0 spiro atoms. The number of rotatable bonds is 10. The molecule has 1 heterocycles. The Balaban J connectivity index is 2.57. The Hall–Kier alpha value is -1.40. The zero-order chi connectivity index (χ0) is 14.8. The van der Waals surface area contributed by atoms with Gasteiger partial charge in [0.15, 0.2) is 0 Å². The molecular weight excluding hydrogens is 256 g/mol. The van der Waals surface area contributed by atoms with Crippen molar-refractivity contribution in [1.82, 2.24) is 14.5 Å². The van der Waals surface area contributed by atoms with Crippen LogP contribution in [0.15, 0.2) is 12.5 Å². The summed E-state index contributed by atoms with van der Waals surface area (Å²) in [7, 11) is 0. The minimum atomic E-state index is -0.119. The molecule has 0 fully saturated rings. The number of aliphatic hydroxyl groups excluding tert-OH is 1. The molecule has 1 rings (SSSR count). The lowest BCUT2D eigenvalue weighted by atomic mass is 10.2. The van der Waals surface area contributed by atoms with E-state index >= 15 is 0 Å². The van der Waals surface area contributed by atoms with Crippen molar-refractivity contribution >= 4 is 5.91 Å². The van der Waals surface area contributed by atoms with Crippen molar-refractivity contribution in [1.29, 1.82) is 0 Å². The molecule has 0 atom stereocenters. The van der Waals surface area contributed by atoms with E-state index in [9.17, 15) is 4.79 Å². The Labute approximate surface area is 120 Å². The number of amides is 1. The molecule has 0 saturated heterocycles. The summed E-state index contributed by atoms with van der Waals surface area (Å²) in [5, 5.41) is 9.09. The van der Waals surface area contributed by atoms with Crippen molar-refractivity contribution < 1.29 is 9.90 Å². The van der Waals surface area contributed by atoms with Gasteiger partial charge in [0.1, 0.15) is 5.69 Å². The summed E-state index contributed by atoms with van der Waals surface area (Å²) in [6.45, 7) is 4.32. The standard InChI is InChI=1S/C14H26N4O2/c1-2-3-4-5-7-18(9-10-19)14(20)13-11-17(8-6-15)12-16-13/h11-12,19H,2-10,15H2,1H3. The molecular formula is C14H26N4O2. The number of carbonyl (C=O) groups is 1. The van der Waals surface area contributed by atoms with Gasteiger partial charge >= 0.3 is 0 Å². The molecule has 0 aliphatic carbocycles. The largest absolute Gasteiger partial charge is 0.395 e. The molecule has 1 aromatic heterocycles. The van der Waals surface area contributed by atoms with Gasteiger partial charge in [0.05, 0.1) is 12.9 Å². The number of carbonyl (C=O) groups excluding carboxylic acids is 1. The van der Waals surface area contributed by atoms with Gasteiger partial charge < -0.3 is 20.3 Å². The summed E-state index contributed by atoms with van der Waals surface area (Å²) in [4.78, 5) is 18.1. The quantitative estimate of drug-likeness (QED) is 0.623. The zero-order valence-electron chi connectivity index (χ0n) is 12.3. The molecule has 1 aromatic rings. The van der Waals surface area contributed by atoms with E-state index in [-0.39, 0.29) is 12.5 Å². The highest BCUT2D eigenvalue weighted by Crippen LogP contribution is 2.06. The Morgan fingerprint density at radius 2 is 2.20 bits per heavy atom. The van der Waals surface area contributed by atoms with Crippen LogP contribution in [0.5, 0.6) is 0 Å². The summed E-state index contributed by atoms with van der Waals surface area (Å²) < 4.78 is 1.81. The van der Waals surface area contributed by atoms with Crippen LogP contribution in [0.3, 0.4) is 0 Å². The molecule has 0 aliphatic rings. The number of imidazole rings is 1. The lowest BCUT2D eigenvalue weighted by molar-refractivity contribution is 0.0713. The van der Waals surface area contributed by atoms with Crippen LogP contribution in [-0.4, -0.2) is 51.7 Å². The van der Waals surface area contributed by atoms with Crippen LogP contribution in [0.4, 0.5) is 0 Å². The topological polar surface area (TPSA) is 84.4 Å². The molecule has 20 heavy (non-hydrogen) atoms. The molecule has 6 heteroatoms. The maximum Gasteiger partial charge on any atom is 0.274 e. The minimum absolute atomic E-state index is 0.0248. The number of hydrogen-bond acceptors (Lipinski definition) is 4. The number of aliphatic hydroxyl groups is 1. The summed E-state index contributed by atoms with van der Waals surface area (Å²) in [5.41, 5.74) is 5.89. The molecule has 0 aromatic carbocycles. The molecule has 0 bridgehead atoms. The third kappa shape index (κ3) is 5.30. The number of nitrogens with two attached hydrogens (primary N) is 1. The average molecular weight is 282 g/mol. The third-order valence-corrected chi connectivity index (χ3v) is 3.18. The van der Waals surface area contributed by atoms with E-state index < -0.39 is 0 Å². The van der Waals surface area contributed by atoms with E-state index in [0.717, 1.165) is 19.3 Å². The number of unbranched alkanes of at least 4 members (excludes halogenated alkanes) is 3. The fourth-order valence-corrected chi connectivity index (χ4v) is 2.07. The first-order valence-corrected chi connectivity index (χ1v) is 7.34. The van der Waals surface area contributed by atoms with Gasteiger partial charge in [-0.25, -0.2) is 4.98 Å². The molecule has 3 N–H and O–H groups in total. The minimum Gasteiger partial charge on any atom is -0.395 e. The molecule has 0 unspecified atom stereocenters. The smallest absolute Gasteiger partial charge is 0.274 e. The first-order valence-electron chi connectivity index (χ1n) is 7.34. The SMILES string of the molecule is CCCCCCN(CCO)C(=O)c1cn(CCN)cn1. The van der Waals surface area contributed by atoms with Crippen LogP contribution in [0.25, 0.3) is 0 Å². The number of aromatic nitrogens is 2. The summed E-state index contributed by atoms with van der Waals surface area (Å²) in [6.07, 6.45) is 7.74. The number of nitrogens with zero attached hydrogens (tertiary/aromatic N) is 3. The van der Waals surface area contributed by atoms with E-state index in [1.54, 1.807) is 22.0 Å². The molecule has 0 aliphatic heterocycles. The van der Waals surface area contributed by atoms with Crippen LogP contribution in [0.1, 0.15) is 43.1 Å². The Morgan fingerprint density at radius 3 is 2.85 bits per heavy atom. The molecule has 0 saturated carbocycles. The van der Waals surface area contributed by atoms with Gasteiger partial charge in [-0.1, -0.05) is 26.2 Å². The highest BCUT2D eigenvalue weighted by Gasteiger charge is 2.17. The number of hydrogen-bond donors (Lipinski definition) is 2. The normalized spacial score (nSPS) is 10.8. The molecule has 1 amide bonds. The van der Waals surface area contributed by atoms with Gasteiger partial charge in [0.2, 0.25) is 0 Å². The van der Waals surface area contributed by atoms with Crippen LogP contribution >= 0.6 is 0 Å². The first-order chi connectivity index (χ1) is 9.72. The zero-order valence-corrected chi connectivity index (χ0v) is 12.3. The second kappa shape index (κ2) is 9.50. The van der Waals surface area contributed by atoms with Crippen molar-refractivity contribution in [2.75, 3.05) is 26.2 Å². The van der Waals surface area contributed by atoms with Crippen LogP contribution in [0.2, 0.25) is 0 Å². The predicted molar refractivity (Wildman–Crippen MR) is 78.4 cm³/mol. The van der Waals surface area contributed by atoms with Crippen molar-refractivity contribution in [3.05, 3.63) is 18.2 Å². The fraction of sp³-hybridized carbons (Fsp3) is 0.714. The van der Waals surface area contributed by atoms with Crippen molar-refractivity contribution in [3.63, 3.8) is 0 Å². The second-order valence-corrected chi connectivity index (χ2v) is 4.86. The van der Waals surface area contributed by atoms with E-state index in [4.69, 9.17) is 10.8 Å². The lowest BCUT2D eigenvalue weighted by Crippen LogP contribution is -2.34. The highest BCUT2D eigenvalue weighted by molar-refractivity contribution is 5.92. The Morgan fingerprint density at radius 1 is 1.40 bits per heavy atom. The Kier molecular flexibility index (Phi) is 7.91. The van der Waals surface area contributed by atoms with E-state index in [1.807, 2.05) is 0 Å². The van der Waals surface area contributed by atoms with E-state index in [0.29, 0.717) is 31.9 Å². The predicted octanol–water partition coefficient (Wildman–Crippen LogP) is 0.857. The van der Waals surface area contributed by atoms with Gasteiger partial charge in [-0.05, 0) is 6.42 Å². The summed E-state index contributed by atoms with van der Waals surface area (Å²) in [5.74, 6) is -0.119. The maximum absolute atomic E-state index is 12.3. The van der Waals surface area contributed by atoms with Crippen LogP contribution < -0.4 is 5.73 Å². The fourth-order valence-electron chi connectivity index (χ4n) is 2.07. The maximum atomic E-state index is 12.3. The monoisotopic (exact) mass is 282 g/mol. The van der Waals surface area contributed by atoms with Gasteiger partial charge in [0.25, 0.3) is 5.91 Å². The average Bonchev–Trinajstić information content (AvgIpc) is 2.90. The van der Waals surface area contributed by atoms with Gasteiger partial charge in [-0.15, -0.1) is 0 Å². The van der Waals surface area contributed by atoms with Crippen molar-refractivity contribution in [2.24, 2.45) is 5.73 Å². The van der Waals surface area contributed by atoms with Crippen LogP contribution in [-0.2, 0) is 6.54 Å². The summed E-state index contributed by atoms with van der Waals surface area (Å²) >= 11 is 0. The van der Waals surface area contributed by atoms with Crippen molar-refractivity contribution in [3.8, 4) is 0 Å². The molecule has 6 nitrogen and oxygen atoms in total. The second-order valence-electron chi connectivity index (χ2n) is 4.86.